The molecular weight excluding hydrogens is 498 g/mol. The lowest BCUT2D eigenvalue weighted by Gasteiger charge is -2.10. The predicted octanol–water partition coefficient (Wildman–Crippen LogP) is 11.0. The van der Waals surface area contributed by atoms with E-state index in [0.29, 0.717) is 0 Å². The van der Waals surface area contributed by atoms with Gasteiger partial charge in [-0.05, 0) is 82.8 Å². The molecule has 0 aliphatic heterocycles. The Morgan fingerprint density at radius 3 is 2.12 bits per heavy atom. The number of rotatable bonds is 6. The summed E-state index contributed by atoms with van der Waals surface area (Å²) in [6, 6.07) is 41.1. The second kappa shape index (κ2) is 10.3. The monoisotopic (exact) mass is 527 g/mol. The van der Waals surface area contributed by atoms with Gasteiger partial charge in [0.2, 0.25) is 0 Å². The molecule has 5 aromatic carbocycles. The van der Waals surface area contributed by atoms with Crippen LogP contribution in [0.2, 0.25) is 0 Å². The third-order valence-electron chi connectivity index (χ3n) is 7.78. The molecule has 0 bridgehead atoms. The summed E-state index contributed by atoms with van der Waals surface area (Å²) in [6.45, 7) is 6.25. The first-order valence-electron chi connectivity index (χ1n) is 13.9. The summed E-state index contributed by atoms with van der Waals surface area (Å²) in [6.07, 6.45) is 9.86. The van der Waals surface area contributed by atoms with Gasteiger partial charge in [-0.25, -0.2) is 0 Å². The van der Waals surface area contributed by atoms with Crippen LogP contribution >= 0.6 is 0 Å². The van der Waals surface area contributed by atoms with Crippen LogP contribution < -0.4 is 0 Å². The maximum atomic E-state index is 5.81. The van der Waals surface area contributed by atoms with E-state index in [1.807, 2.05) is 31.2 Å². The van der Waals surface area contributed by atoms with Crippen LogP contribution in [0.3, 0.4) is 0 Å². The summed E-state index contributed by atoms with van der Waals surface area (Å²) in [5.41, 5.74) is 11.2. The molecule has 0 aliphatic rings. The van der Waals surface area contributed by atoms with Gasteiger partial charge in [-0.1, -0.05) is 104 Å². The first kappa shape index (κ1) is 24.7. The highest BCUT2D eigenvalue weighted by molar-refractivity contribution is 6.18. The minimum absolute atomic E-state index is 0.886. The molecule has 0 N–H and O–H groups in total. The molecule has 0 aliphatic carbocycles. The third-order valence-corrected chi connectivity index (χ3v) is 7.78. The Labute approximate surface area is 239 Å². The van der Waals surface area contributed by atoms with Gasteiger partial charge in [0.1, 0.15) is 5.58 Å². The minimum Gasteiger partial charge on any atom is -0.464 e. The van der Waals surface area contributed by atoms with Crippen molar-refractivity contribution in [2.45, 2.75) is 6.92 Å². The second-order valence-corrected chi connectivity index (χ2v) is 10.3. The molecule has 0 saturated heterocycles. The van der Waals surface area contributed by atoms with Crippen molar-refractivity contribution < 1.29 is 4.42 Å². The van der Waals surface area contributed by atoms with Crippen molar-refractivity contribution in [3.8, 4) is 27.9 Å². The van der Waals surface area contributed by atoms with Gasteiger partial charge < -0.3 is 8.98 Å². The zero-order valence-corrected chi connectivity index (χ0v) is 22.9. The second-order valence-electron chi connectivity index (χ2n) is 10.3. The highest BCUT2D eigenvalue weighted by Crippen LogP contribution is 2.39. The number of benzene rings is 5. The number of aromatic nitrogens is 1. The van der Waals surface area contributed by atoms with Crippen molar-refractivity contribution in [3.63, 3.8) is 0 Å². The molecular formula is C39H29NO. The van der Waals surface area contributed by atoms with Gasteiger partial charge in [0, 0.05) is 21.8 Å². The Bertz CT molecular complexity index is 2080. The molecule has 0 unspecified atom stereocenters. The van der Waals surface area contributed by atoms with E-state index in [2.05, 4.69) is 126 Å². The van der Waals surface area contributed by atoms with Gasteiger partial charge in [-0.15, -0.1) is 0 Å². The standard InChI is InChI=1S/C39H29NO/c1-3-4-6-9-27(2)28-16-19-33(20-17-28)40-37-22-18-32(31-14-12-30(13-15-31)29-10-7-5-8-11-29)26-36(37)34-21-23-38-35(39(34)40)24-25-41-38/h3-26H,2H2,1H3/b4-3-,9-6-. The van der Waals surface area contributed by atoms with Crippen LogP contribution in [-0.4, -0.2) is 4.57 Å². The Kier molecular flexibility index (Phi) is 6.22. The highest BCUT2D eigenvalue weighted by Gasteiger charge is 2.17. The van der Waals surface area contributed by atoms with E-state index in [1.165, 1.54) is 33.0 Å². The summed E-state index contributed by atoms with van der Waals surface area (Å²) in [5, 5.41) is 3.53. The van der Waals surface area contributed by atoms with Gasteiger partial charge in [0.25, 0.3) is 0 Å². The molecule has 0 fully saturated rings. The fraction of sp³-hybridized carbons (Fsp3) is 0.0256. The molecule has 0 spiro atoms. The van der Waals surface area contributed by atoms with E-state index >= 15 is 0 Å². The number of furan rings is 1. The highest BCUT2D eigenvalue weighted by atomic mass is 16.3. The van der Waals surface area contributed by atoms with Crippen molar-refractivity contribution in [1.82, 2.24) is 4.57 Å². The number of hydrogen-bond donors (Lipinski definition) is 0. The zero-order chi connectivity index (χ0) is 27.8. The van der Waals surface area contributed by atoms with Crippen LogP contribution in [0.1, 0.15) is 12.5 Å². The SMILES string of the molecule is C=C(/C=C\C=C/C)c1ccc(-n2c3ccc(-c4ccc(-c5ccccc5)cc4)cc3c3ccc4occc4c32)cc1. The molecule has 2 aromatic heterocycles. The molecule has 196 valence electrons. The maximum Gasteiger partial charge on any atom is 0.136 e. The normalized spacial score (nSPS) is 11.9. The van der Waals surface area contributed by atoms with Crippen LogP contribution in [-0.2, 0) is 0 Å². The quantitative estimate of drug-likeness (QED) is 0.197. The summed E-state index contributed by atoms with van der Waals surface area (Å²) in [7, 11) is 0. The van der Waals surface area contributed by atoms with Gasteiger partial charge in [0.05, 0.1) is 17.3 Å². The van der Waals surface area contributed by atoms with E-state index in [-0.39, 0.29) is 0 Å². The Morgan fingerprint density at radius 2 is 1.37 bits per heavy atom. The van der Waals surface area contributed by atoms with Crippen LogP contribution in [0.15, 0.2) is 157 Å². The first-order valence-corrected chi connectivity index (χ1v) is 13.9. The average molecular weight is 528 g/mol. The van der Waals surface area contributed by atoms with E-state index in [4.69, 9.17) is 4.42 Å². The molecule has 41 heavy (non-hydrogen) atoms. The van der Waals surface area contributed by atoms with E-state index in [9.17, 15) is 0 Å². The number of fused-ring (bicyclic) bond motifs is 5. The van der Waals surface area contributed by atoms with Gasteiger partial charge in [0.15, 0.2) is 0 Å². The molecule has 7 aromatic rings. The summed E-state index contributed by atoms with van der Waals surface area (Å²) < 4.78 is 8.17. The summed E-state index contributed by atoms with van der Waals surface area (Å²) >= 11 is 0. The Hall–Kier alpha value is -5.34. The number of nitrogens with zero attached hydrogens (tertiary/aromatic N) is 1. The third kappa shape index (κ3) is 4.40. The van der Waals surface area contributed by atoms with Crippen molar-refractivity contribution >= 4 is 38.3 Å². The van der Waals surface area contributed by atoms with E-state index in [0.717, 1.165) is 38.8 Å². The van der Waals surface area contributed by atoms with Crippen molar-refractivity contribution in [2.75, 3.05) is 0 Å². The Balaban J connectivity index is 1.36. The zero-order valence-electron chi connectivity index (χ0n) is 22.9. The molecule has 2 nitrogen and oxygen atoms in total. The lowest BCUT2D eigenvalue weighted by Crippen LogP contribution is -1.94. The summed E-state index contributed by atoms with van der Waals surface area (Å²) in [5.74, 6) is 0. The molecule has 0 atom stereocenters. The van der Waals surface area contributed by atoms with E-state index < -0.39 is 0 Å². The van der Waals surface area contributed by atoms with Crippen LogP contribution in [0.4, 0.5) is 0 Å². The largest absolute Gasteiger partial charge is 0.464 e. The molecule has 2 heteroatoms. The lowest BCUT2D eigenvalue weighted by molar-refractivity contribution is 0.616. The van der Waals surface area contributed by atoms with E-state index in [1.54, 1.807) is 6.26 Å². The Morgan fingerprint density at radius 1 is 0.659 bits per heavy atom. The smallest absolute Gasteiger partial charge is 0.136 e. The molecule has 2 heterocycles. The predicted molar refractivity (Wildman–Crippen MR) is 174 cm³/mol. The van der Waals surface area contributed by atoms with Gasteiger partial charge >= 0.3 is 0 Å². The van der Waals surface area contributed by atoms with Crippen molar-refractivity contribution in [2.24, 2.45) is 0 Å². The molecule has 0 amide bonds. The van der Waals surface area contributed by atoms with Crippen molar-refractivity contribution in [1.29, 1.82) is 0 Å². The topological polar surface area (TPSA) is 18.1 Å². The molecule has 7 rings (SSSR count). The number of hydrogen-bond acceptors (Lipinski definition) is 1. The molecule has 0 radical (unpaired) electrons. The average Bonchev–Trinajstić information content (AvgIpc) is 3.64. The van der Waals surface area contributed by atoms with Crippen molar-refractivity contribution in [3.05, 3.63) is 158 Å². The van der Waals surface area contributed by atoms with Crippen LogP contribution in [0.25, 0.3) is 66.3 Å². The molecule has 0 saturated carbocycles. The minimum atomic E-state index is 0.886. The summed E-state index contributed by atoms with van der Waals surface area (Å²) in [4.78, 5) is 0. The fourth-order valence-corrected chi connectivity index (χ4v) is 5.69. The maximum absolute atomic E-state index is 5.81. The fourth-order valence-electron chi connectivity index (χ4n) is 5.69. The first-order chi connectivity index (χ1) is 20.2. The number of allylic oxidation sites excluding steroid dienone is 5. The lowest BCUT2D eigenvalue weighted by atomic mass is 9.99. The van der Waals surface area contributed by atoms with Crippen LogP contribution in [0, 0.1) is 0 Å². The van der Waals surface area contributed by atoms with Gasteiger partial charge in [-0.2, -0.15) is 0 Å². The van der Waals surface area contributed by atoms with Crippen LogP contribution in [0.5, 0.6) is 0 Å². The van der Waals surface area contributed by atoms with Gasteiger partial charge in [-0.3, -0.25) is 0 Å².